The smallest absolute Gasteiger partial charge is 0.310 e. The molecule has 2 N–H and O–H groups in total. The molecule has 0 aliphatic carbocycles. The quantitative estimate of drug-likeness (QED) is 0.652. The molecule has 0 saturated carbocycles. The standard InChI is InChI=1S/C14H11BrN2O4/c1-8-3-2-4-10(13(8)15)16-14(19)9-5-6-11(17(20)21)12(18)7-9/h2-7,18H,1H3,(H,16,19). The molecule has 0 fully saturated rings. The minimum Gasteiger partial charge on any atom is -0.502 e. The molecule has 7 heteroatoms. The summed E-state index contributed by atoms with van der Waals surface area (Å²) in [6.45, 7) is 1.89. The van der Waals surface area contributed by atoms with Gasteiger partial charge in [0.25, 0.3) is 5.91 Å². The Labute approximate surface area is 128 Å². The van der Waals surface area contributed by atoms with Gasteiger partial charge >= 0.3 is 5.69 Å². The maximum absolute atomic E-state index is 12.1. The number of aromatic hydroxyl groups is 1. The van der Waals surface area contributed by atoms with Crippen LogP contribution in [0.25, 0.3) is 0 Å². The summed E-state index contributed by atoms with van der Waals surface area (Å²) in [6, 6.07) is 8.85. The zero-order valence-electron chi connectivity index (χ0n) is 11.0. The molecule has 0 aliphatic rings. The fourth-order valence-electron chi connectivity index (χ4n) is 1.76. The number of phenolic OH excluding ortho intramolecular Hbond substituents is 1. The molecule has 2 aromatic rings. The van der Waals surface area contributed by atoms with Crippen molar-refractivity contribution in [3.05, 3.63) is 62.1 Å². The highest BCUT2D eigenvalue weighted by Gasteiger charge is 2.16. The van der Waals surface area contributed by atoms with E-state index in [-0.39, 0.29) is 5.56 Å². The first-order chi connectivity index (χ1) is 9.90. The number of phenols is 1. The molecule has 0 bridgehead atoms. The third-order valence-electron chi connectivity index (χ3n) is 2.87. The summed E-state index contributed by atoms with van der Waals surface area (Å²) in [7, 11) is 0. The van der Waals surface area contributed by atoms with E-state index in [1.165, 1.54) is 6.07 Å². The number of hydrogen-bond acceptors (Lipinski definition) is 4. The molecule has 2 aromatic carbocycles. The van der Waals surface area contributed by atoms with E-state index in [0.717, 1.165) is 22.2 Å². The molecular formula is C14H11BrN2O4. The van der Waals surface area contributed by atoms with Crippen LogP contribution in [-0.4, -0.2) is 15.9 Å². The number of hydrogen-bond donors (Lipinski definition) is 2. The third kappa shape index (κ3) is 3.19. The van der Waals surface area contributed by atoms with Crippen LogP contribution in [0.15, 0.2) is 40.9 Å². The van der Waals surface area contributed by atoms with E-state index in [2.05, 4.69) is 21.2 Å². The molecule has 0 radical (unpaired) electrons. The van der Waals surface area contributed by atoms with E-state index in [9.17, 15) is 20.0 Å². The van der Waals surface area contributed by atoms with Gasteiger partial charge in [-0.15, -0.1) is 0 Å². The highest BCUT2D eigenvalue weighted by molar-refractivity contribution is 9.10. The van der Waals surface area contributed by atoms with Crippen molar-refractivity contribution in [2.45, 2.75) is 6.92 Å². The van der Waals surface area contributed by atoms with Crippen LogP contribution in [0, 0.1) is 17.0 Å². The number of nitrogens with one attached hydrogen (secondary N) is 1. The number of nitro groups is 1. The Bertz CT molecular complexity index is 731. The summed E-state index contributed by atoms with van der Waals surface area (Å²) in [6.07, 6.45) is 0. The van der Waals surface area contributed by atoms with E-state index in [1.54, 1.807) is 12.1 Å². The molecule has 1 amide bonds. The van der Waals surface area contributed by atoms with Crippen molar-refractivity contribution in [1.29, 1.82) is 0 Å². The minimum absolute atomic E-state index is 0.131. The average molecular weight is 351 g/mol. The van der Waals surface area contributed by atoms with Gasteiger partial charge in [-0.25, -0.2) is 0 Å². The van der Waals surface area contributed by atoms with Crippen molar-refractivity contribution in [1.82, 2.24) is 0 Å². The molecule has 0 spiro atoms. The van der Waals surface area contributed by atoms with Crippen LogP contribution in [-0.2, 0) is 0 Å². The van der Waals surface area contributed by atoms with Gasteiger partial charge in [-0.1, -0.05) is 12.1 Å². The van der Waals surface area contributed by atoms with Crippen molar-refractivity contribution >= 4 is 33.2 Å². The highest BCUT2D eigenvalue weighted by atomic mass is 79.9. The van der Waals surface area contributed by atoms with Gasteiger partial charge in [-0.3, -0.25) is 14.9 Å². The highest BCUT2D eigenvalue weighted by Crippen LogP contribution is 2.28. The lowest BCUT2D eigenvalue weighted by molar-refractivity contribution is -0.385. The van der Waals surface area contributed by atoms with E-state index in [0.29, 0.717) is 5.69 Å². The molecule has 21 heavy (non-hydrogen) atoms. The number of nitro benzene ring substituents is 1. The predicted octanol–water partition coefficient (Wildman–Crippen LogP) is 3.62. The monoisotopic (exact) mass is 350 g/mol. The van der Waals surface area contributed by atoms with Crippen LogP contribution in [0.3, 0.4) is 0 Å². The number of nitrogens with zero attached hydrogens (tertiary/aromatic N) is 1. The molecule has 0 saturated heterocycles. The van der Waals surface area contributed by atoms with Gasteiger partial charge in [0, 0.05) is 16.1 Å². The van der Waals surface area contributed by atoms with Crippen LogP contribution in [0.5, 0.6) is 5.75 Å². The maximum Gasteiger partial charge on any atom is 0.310 e. The minimum atomic E-state index is -0.714. The lowest BCUT2D eigenvalue weighted by Crippen LogP contribution is -2.12. The molecule has 6 nitrogen and oxygen atoms in total. The fraction of sp³-hybridized carbons (Fsp3) is 0.0714. The number of carbonyl (C=O) groups excluding carboxylic acids is 1. The number of rotatable bonds is 3. The van der Waals surface area contributed by atoms with Crippen molar-refractivity contribution in [3.8, 4) is 5.75 Å². The van der Waals surface area contributed by atoms with Gasteiger partial charge in [0.1, 0.15) is 0 Å². The number of anilines is 1. The Morgan fingerprint density at radius 2 is 2.05 bits per heavy atom. The predicted molar refractivity (Wildman–Crippen MR) is 81.6 cm³/mol. The van der Waals surface area contributed by atoms with Crippen LogP contribution < -0.4 is 5.32 Å². The van der Waals surface area contributed by atoms with Gasteiger partial charge in [-0.05, 0) is 46.6 Å². The van der Waals surface area contributed by atoms with E-state index in [1.807, 2.05) is 13.0 Å². The Morgan fingerprint density at radius 3 is 2.67 bits per heavy atom. The maximum atomic E-state index is 12.1. The van der Waals surface area contributed by atoms with Crippen molar-refractivity contribution < 1.29 is 14.8 Å². The van der Waals surface area contributed by atoms with Gasteiger partial charge < -0.3 is 10.4 Å². The van der Waals surface area contributed by atoms with Gasteiger partial charge in [0.05, 0.1) is 10.6 Å². The molecule has 0 aliphatic heterocycles. The molecule has 0 atom stereocenters. The van der Waals surface area contributed by atoms with Gasteiger partial charge in [0.2, 0.25) is 0 Å². The topological polar surface area (TPSA) is 92.5 Å². The van der Waals surface area contributed by atoms with Crippen LogP contribution >= 0.6 is 15.9 Å². The Balaban J connectivity index is 2.27. The second-order valence-corrected chi connectivity index (χ2v) is 5.14. The normalized spacial score (nSPS) is 10.2. The van der Waals surface area contributed by atoms with Crippen molar-refractivity contribution in [2.24, 2.45) is 0 Å². The summed E-state index contributed by atoms with van der Waals surface area (Å²) in [5.74, 6) is -1.01. The van der Waals surface area contributed by atoms with Crippen molar-refractivity contribution in [3.63, 3.8) is 0 Å². The molecule has 108 valence electrons. The molecule has 0 aromatic heterocycles. The summed E-state index contributed by atoms with van der Waals surface area (Å²) >= 11 is 3.37. The number of amides is 1. The van der Waals surface area contributed by atoms with Crippen molar-refractivity contribution in [2.75, 3.05) is 5.32 Å². The van der Waals surface area contributed by atoms with Crippen LogP contribution in [0.2, 0.25) is 0 Å². The molecule has 0 heterocycles. The number of halogens is 1. The third-order valence-corrected chi connectivity index (χ3v) is 3.93. The number of carbonyl (C=O) groups is 1. The number of benzene rings is 2. The fourth-order valence-corrected chi connectivity index (χ4v) is 2.12. The van der Waals surface area contributed by atoms with Gasteiger partial charge in [-0.2, -0.15) is 0 Å². The summed E-state index contributed by atoms with van der Waals surface area (Å²) < 4.78 is 0.754. The first-order valence-corrected chi connectivity index (χ1v) is 6.73. The van der Waals surface area contributed by atoms with E-state index >= 15 is 0 Å². The molecular weight excluding hydrogens is 340 g/mol. The lowest BCUT2D eigenvalue weighted by Gasteiger charge is -2.09. The second kappa shape index (κ2) is 5.92. The Hall–Kier alpha value is -2.41. The Morgan fingerprint density at radius 1 is 1.33 bits per heavy atom. The summed E-state index contributed by atoms with van der Waals surface area (Å²) in [5.41, 5.74) is 1.23. The lowest BCUT2D eigenvalue weighted by atomic mass is 10.1. The first-order valence-electron chi connectivity index (χ1n) is 5.94. The largest absolute Gasteiger partial charge is 0.502 e. The van der Waals surface area contributed by atoms with E-state index < -0.39 is 22.3 Å². The zero-order chi connectivity index (χ0) is 15.6. The zero-order valence-corrected chi connectivity index (χ0v) is 12.5. The molecule has 2 rings (SSSR count). The van der Waals surface area contributed by atoms with Crippen LogP contribution in [0.4, 0.5) is 11.4 Å². The first kappa shape index (κ1) is 15.0. The molecule has 0 unspecified atom stereocenters. The summed E-state index contributed by atoms with van der Waals surface area (Å²) in [4.78, 5) is 22.0. The second-order valence-electron chi connectivity index (χ2n) is 4.35. The van der Waals surface area contributed by atoms with Gasteiger partial charge in [0.15, 0.2) is 5.75 Å². The Kier molecular flexibility index (Phi) is 4.23. The van der Waals surface area contributed by atoms with Crippen LogP contribution in [0.1, 0.15) is 15.9 Å². The average Bonchev–Trinajstić information content (AvgIpc) is 2.43. The SMILES string of the molecule is Cc1cccc(NC(=O)c2ccc([N+](=O)[O-])c(O)c2)c1Br. The number of aryl methyl sites for hydroxylation is 1. The summed E-state index contributed by atoms with van der Waals surface area (Å²) in [5, 5.41) is 22.8. The van der Waals surface area contributed by atoms with E-state index in [4.69, 9.17) is 0 Å².